The van der Waals surface area contributed by atoms with Crippen molar-refractivity contribution in [2.24, 2.45) is 0 Å². The van der Waals surface area contributed by atoms with Crippen LogP contribution in [-0.2, 0) is 32.7 Å². The van der Waals surface area contributed by atoms with E-state index in [-0.39, 0.29) is 40.1 Å². The van der Waals surface area contributed by atoms with Crippen LogP contribution in [0.15, 0.2) is 18.2 Å². The molecule has 0 saturated carbocycles. The molecule has 87 valence electrons. The Morgan fingerprint density at radius 3 is 2.44 bits per heavy atom. The Kier molecular flexibility index (Phi) is 6.39. The summed E-state index contributed by atoms with van der Waals surface area (Å²) in [6.07, 6.45) is 0. The van der Waals surface area contributed by atoms with Crippen LogP contribution >= 0.6 is 0 Å². The van der Waals surface area contributed by atoms with Crippen LogP contribution in [0.5, 0.6) is 0 Å². The van der Waals surface area contributed by atoms with Crippen LogP contribution in [0.3, 0.4) is 0 Å². The normalized spacial score (nSPS) is 28.6. The maximum atomic E-state index is 3.18. The Hall–Kier alpha value is 0.284. The maximum absolute atomic E-state index is 3.18. The number of nitrogens with zero attached hydrogens (tertiary/aromatic N) is 1. The molecule has 1 aromatic rings. The molecule has 1 aliphatic heterocycles. The third-order valence-electron chi connectivity index (χ3n) is 3.85. The van der Waals surface area contributed by atoms with Crippen molar-refractivity contribution in [3.63, 3.8) is 0 Å². The summed E-state index contributed by atoms with van der Waals surface area (Å²) in [4.78, 5) is 2.45. The largest absolute Gasteiger partial charge is 0.358 e. The molecule has 0 aromatic heterocycles. The maximum Gasteiger partial charge on any atom is 0.0105 e. The smallest absolute Gasteiger partial charge is 0.0105 e. The first kappa shape index (κ1) is 16.3. The molecule has 16 heavy (non-hydrogen) atoms. The molecule has 0 N–H and O–H groups in total. The quantitative estimate of drug-likeness (QED) is 0.662. The Labute approximate surface area is 125 Å². The van der Waals surface area contributed by atoms with Crippen molar-refractivity contribution in [1.29, 1.82) is 0 Å². The molecular formula is C14H21NY-2. The SMILES string of the molecule is CC1c2cc[c-]cc2C(C)N(C)C1C.[CH3-].[Y]. The Balaban J connectivity index is 0.00000112. The summed E-state index contributed by atoms with van der Waals surface area (Å²) in [5, 5.41) is 0. The van der Waals surface area contributed by atoms with Gasteiger partial charge in [0.1, 0.15) is 0 Å². The molecule has 0 fully saturated rings. The van der Waals surface area contributed by atoms with Crippen LogP contribution in [0, 0.1) is 13.5 Å². The van der Waals surface area contributed by atoms with Gasteiger partial charge in [0.15, 0.2) is 0 Å². The first-order valence-electron chi connectivity index (χ1n) is 5.34. The third-order valence-corrected chi connectivity index (χ3v) is 3.85. The van der Waals surface area contributed by atoms with Crippen LogP contribution in [0.25, 0.3) is 0 Å². The number of benzene rings is 1. The minimum absolute atomic E-state index is 0. The fourth-order valence-corrected chi connectivity index (χ4v) is 2.42. The zero-order valence-electron chi connectivity index (χ0n) is 11.0. The van der Waals surface area contributed by atoms with E-state index in [0.29, 0.717) is 18.0 Å². The van der Waals surface area contributed by atoms with Gasteiger partial charge in [0.2, 0.25) is 0 Å². The molecule has 2 rings (SSSR count). The van der Waals surface area contributed by atoms with E-state index in [1.54, 1.807) is 0 Å². The van der Waals surface area contributed by atoms with Gasteiger partial charge >= 0.3 is 0 Å². The minimum Gasteiger partial charge on any atom is -0.358 e. The molecule has 1 radical (unpaired) electrons. The fraction of sp³-hybridized carbons (Fsp3) is 0.500. The summed E-state index contributed by atoms with van der Waals surface area (Å²) < 4.78 is 0. The van der Waals surface area contributed by atoms with Crippen molar-refractivity contribution in [3.05, 3.63) is 42.8 Å². The number of fused-ring (bicyclic) bond motifs is 1. The molecular weight excluding hydrogens is 271 g/mol. The molecule has 1 heterocycles. The number of hydrogen-bond acceptors (Lipinski definition) is 1. The molecule has 0 saturated heterocycles. The third kappa shape index (κ3) is 2.58. The predicted molar refractivity (Wildman–Crippen MR) is 65.7 cm³/mol. The van der Waals surface area contributed by atoms with E-state index in [1.165, 1.54) is 11.1 Å². The average molecular weight is 292 g/mol. The van der Waals surface area contributed by atoms with Gasteiger partial charge in [-0.3, -0.25) is 0 Å². The Morgan fingerprint density at radius 2 is 1.81 bits per heavy atom. The van der Waals surface area contributed by atoms with Gasteiger partial charge < -0.3 is 12.3 Å². The van der Waals surface area contributed by atoms with Crippen LogP contribution in [0.2, 0.25) is 0 Å². The summed E-state index contributed by atoms with van der Waals surface area (Å²) >= 11 is 0. The summed E-state index contributed by atoms with van der Waals surface area (Å²) in [5.74, 6) is 0.626. The van der Waals surface area contributed by atoms with E-state index >= 15 is 0 Å². The van der Waals surface area contributed by atoms with Crippen LogP contribution < -0.4 is 0 Å². The number of hydrogen-bond donors (Lipinski definition) is 0. The van der Waals surface area contributed by atoms with Crippen molar-refractivity contribution in [1.82, 2.24) is 4.90 Å². The molecule has 1 aliphatic rings. The summed E-state index contributed by atoms with van der Waals surface area (Å²) in [5.41, 5.74) is 2.95. The van der Waals surface area contributed by atoms with Gasteiger partial charge in [-0.1, -0.05) is 13.8 Å². The summed E-state index contributed by atoms with van der Waals surface area (Å²) in [6.45, 7) is 6.89. The van der Waals surface area contributed by atoms with Gasteiger partial charge in [-0.25, -0.2) is 0 Å². The van der Waals surface area contributed by atoms with Gasteiger partial charge in [0, 0.05) is 38.8 Å². The van der Waals surface area contributed by atoms with Crippen molar-refractivity contribution >= 4 is 0 Å². The zero-order chi connectivity index (χ0) is 10.3. The van der Waals surface area contributed by atoms with E-state index in [9.17, 15) is 0 Å². The average Bonchev–Trinajstić information content (AvgIpc) is 2.23. The Morgan fingerprint density at radius 1 is 1.19 bits per heavy atom. The van der Waals surface area contributed by atoms with Crippen LogP contribution in [0.1, 0.15) is 43.9 Å². The van der Waals surface area contributed by atoms with Gasteiger partial charge in [-0.15, -0.1) is 11.1 Å². The molecule has 1 aromatic carbocycles. The van der Waals surface area contributed by atoms with Crippen molar-refractivity contribution in [2.75, 3.05) is 7.05 Å². The van der Waals surface area contributed by atoms with Crippen molar-refractivity contribution in [2.45, 2.75) is 38.8 Å². The van der Waals surface area contributed by atoms with E-state index < -0.39 is 0 Å². The summed E-state index contributed by atoms with van der Waals surface area (Å²) in [6, 6.07) is 10.7. The van der Waals surface area contributed by atoms with Crippen molar-refractivity contribution < 1.29 is 32.7 Å². The van der Waals surface area contributed by atoms with E-state index in [0.717, 1.165) is 0 Å². The number of rotatable bonds is 0. The Bertz CT molecular complexity index is 304. The molecule has 0 bridgehead atoms. The molecule has 1 nitrogen and oxygen atoms in total. The number of likely N-dealkylation sites (N-methyl/N-ethyl adjacent to an activating group) is 1. The van der Waals surface area contributed by atoms with Gasteiger partial charge in [-0.05, 0) is 25.9 Å². The molecule has 0 spiro atoms. The predicted octanol–water partition coefficient (Wildman–Crippen LogP) is 3.43. The molecule has 3 unspecified atom stereocenters. The van der Waals surface area contributed by atoms with Gasteiger partial charge in [0.05, 0.1) is 0 Å². The van der Waals surface area contributed by atoms with E-state index in [1.807, 2.05) is 6.07 Å². The second-order valence-electron chi connectivity index (χ2n) is 4.43. The summed E-state index contributed by atoms with van der Waals surface area (Å²) in [7, 11) is 2.21. The van der Waals surface area contributed by atoms with Crippen LogP contribution in [0.4, 0.5) is 0 Å². The van der Waals surface area contributed by atoms with Crippen LogP contribution in [-0.4, -0.2) is 18.0 Å². The second kappa shape index (κ2) is 6.28. The monoisotopic (exact) mass is 292 g/mol. The zero-order valence-corrected chi connectivity index (χ0v) is 13.8. The van der Waals surface area contributed by atoms with Crippen molar-refractivity contribution in [3.8, 4) is 0 Å². The molecule has 2 heteroatoms. The minimum atomic E-state index is 0. The standard InChI is InChI=1S/C13H18N.CH3.Y/c1-9-10(2)14(4)11(3)13-8-6-5-7-12(9)13;;/h5,7-11H,1-4H3;1H3;/q2*-1;. The molecule has 0 aliphatic carbocycles. The van der Waals surface area contributed by atoms with Gasteiger partial charge in [-0.2, -0.15) is 24.3 Å². The fourth-order valence-electron chi connectivity index (χ4n) is 2.42. The van der Waals surface area contributed by atoms with E-state index in [4.69, 9.17) is 0 Å². The molecule has 0 amide bonds. The first-order chi connectivity index (χ1) is 6.63. The first-order valence-corrected chi connectivity index (χ1v) is 5.34. The van der Waals surface area contributed by atoms with E-state index in [2.05, 4.69) is 50.9 Å². The molecule has 3 atom stereocenters. The topological polar surface area (TPSA) is 3.24 Å². The van der Waals surface area contributed by atoms with Gasteiger partial charge in [0.25, 0.3) is 0 Å². The second-order valence-corrected chi connectivity index (χ2v) is 4.43.